The number of halogens is 1. The fourth-order valence-electron chi connectivity index (χ4n) is 3.39. The number of fused-ring (bicyclic) bond motifs is 1. The smallest absolute Gasteiger partial charge is 0.407 e. The number of hydrogen-bond acceptors (Lipinski definition) is 5. The molecule has 0 bridgehead atoms. The molecule has 2 N–H and O–H groups in total. The minimum atomic E-state index is -1.65. The summed E-state index contributed by atoms with van der Waals surface area (Å²) in [6.07, 6.45) is -0.969. The van der Waals surface area contributed by atoms with Crippen LogP contribution in [-0.2, 0) is 10.5 Å². The molecule has 24 heavy (non-hydrogen) atoms. The Balaban J connectivity index is 1.85. The minimum Gasteiger partial charge on any atom is -0.465 e. The van der Waals surface area contributed by atoms with Gasteiger partial charge in [-0.3, -0.25) is 4.90 Å². The Labute approximate surface area is 138 Å². The first-order valence-corrected chi connectivity index (χ1v) is 7.63. The number of carbonyl (C=O) groups is 1. The molecule has 2 saturated heterocycles. The molecule has 3 rings (SSSR count). The van der Waals surface area contributed by atoms with E-state index in [2.05, 4.69) is 0 Å². The summed E-state index contributed by atoms with van der Waals surface area (Å²) in [4.78, 5) is 14.4. The zero-order valence-corrected chi connectivity index (χ0v) is 13.2. The van der Waals surface area contributed by atoms with Gasteiger partial charge in [0.25, 0.3) is 0 Å². The van der Waals surface area contributed by atoms with E-state index in [4.69, 9.17) is 15.1 Å². The molecule has 2 atom stereocenters. The summed E-state index contributed by atoms with van der Waals surface area (Å²) in [6, 6.07) is 4.25. The van der Waals surface area contributed by atoms with Gasteiger partial charge in [0.2, 0.25) is 5.79 Å². The lowest BCUT2D eigenvalue weighted by molar-refractivity contribution is -0.266. The van der Waals surface area contributed by atoms with E-state index in [0.29, 0.717) is 30.8 Å². The molecule has 0 spiro atoms. The molecule has 7 nitrogen and oxygen atoms in total. The summed E-state index contributed by atoms with van der Waals surface area (Å²) in [5.41, 5.74) is 0.601. The second-order valence-electron chi connectivity index (χ2n) is 6.16. The predicted octanol–water partition coefficient (Wildman–Crippen LogP) is 0.845. The highest BCUT2D eigenvalue weighted by atomic mass is 19.1. The lowest BCUT2D eigenvalue weighted by atomic mass is 9.93. The fraction of sp³-hybridized carbons (Fsp3) is 0.500. The Morgan fingerprint density at radius 1 is 1.50 bits per heavy atom. The predicted molar refractivity (Wildman–Crippen MR) is 80.7 cm³/mol. The molecule has 2 aliphatic rings. The molecule has 128 valence electrons. The molecule has 2 fully saturated rings. The molecule has 8 heteroatoms. The van der Waals surface area contributed by atoms with Crippen LogP contribution in [-0.4, -0.2) is 64.9 Å². The van der Waals surface area contributed by atoms with Crippen LogP contribution < -0.4 is 0 Å². The third-order valence-electron chi connectivity index (χ3n) is 4.75. The number of benzene rings is 1. The molecule has 0 saturated carbocycles. The molecule has 0 radical (unpaired) electrons. The summed E-state index contributed by atoms with van der Waals surface area (Å²) in [5, 5.41) is 29.1. The zero-order chi connectivity index (χ0) is 17.5. The van der Waals surface area contributed by atoms with Crippen molar-refractivity contribution < 1.29 is 24.1 Å². The normalized spacial score (nSPS) is 27.4. The Morgan fingerprint density at radius 2 is 2.25 bits per heavy atom. The van der Waals surface area contributed by atoms with Crippen molar-refractivity contribution in [2.75, 3.05) is 32.8 Å². The highest BCUT2D eigenvalue weighted by molar-refractivity contribution is 5.65. The Kier molecular flexibility index (Phi) is 4.17. The first-order chi connectivity index (χ1) is 11.4. The van der Waals surface area contributed by atoms with Gasteiger partial charge in [-0.2, -0.15) is 5.26 Å². The van der Waals surface area contributed by atoms with Crippen molar-refractivity contribution in [3.63, 3.8) is 0 Å². The summed E-state index contributed by atoms with van der Waals surface area (Å²) in [6.45, 7) is 3.02. The molecule has 1 amide bonds. The van der Waals surface area contributed by atoms with E-state index in [1.807, 2.05) is 11.0 Å². The van der Waals surface area contributed by atoms with Crippen molar-refractivity contribution in [3.8, 4) is 6.07 Å². The van der Waals surface area contributed by atoms with Crippen molar-refractivity contribution in [2.45, 2.75) is 18.8 Å². The fourth-order valence-corrected chi connectivity index (χ4v) is 3.39. The Bertz CT molecular complexity index is 720. The summed E-state index contributed by atoms with van der Waals surface area (Å²) >= 11 is 0. The molecule has 1 aromatic rings. The highest BCUT2D eigenvalue weighted by Gasteiger charge is 2.44. The second kappa shape index (κ2) is 6.02. The number of ether oxygens (including phenoxy) is 1. The third-order valence-corrected chi connectivity index (χ3v) is 4.75. The van der Waals surface area contributed by atoms with E-state index in [-0.39, 0.29) is 24.8 Å². The van der Waals surface area contributed by atoms with E-state index in [9.17, 15) is 14.3 Å². The number of carboxylic acid groups (broad SMARTS) is 1. The van der Waals surface area contributed by atoms with Gasteiger partial charge in [0.15, 0.2) is 0 Å². The van der Waals surface area contributed by atoms with Gasteiger partial charge in [-0.15, -0.1) is 0 Å². The van der Waals surface area contributed by atoms with Gasteiger partial charge in [-0.25, -0.2) is 9.18 Å². The van der Waals surface area contributed by atoms with Gasteiger partial charge in [0.1, 0.15) is 11.9 Å². The minimum absolute atomic E-state index is 0.109. The van der Waals surface area contributed by atoms with Crippen LogP contribution >= 0.6 is 0 Å². The number of amides is 1. The van der Waals surface area contributed by atoms with E-state index >= 15 is 0 Å². The number of hydrogen-bond donors (Lipinski definition) is 2. The lowest BCUT2D eigenvalue weighted by Crippen LogP contribution is -2.63. The van der Waals surface area contributed by atoms with Crippen molar-refractivity contribution >= 4 is 6.09 Å². The maximum Gasteiger partial charge on any atom is 0.407 e. The van der Waals surface area contributed by atoms with Crippen molar-refractivity contribution in [2.24, 2.45) is 0 Å². The van der Waals surface area contributed by atoms with Gasteiger partial charge in [0, 0.05) is 25.2 Å². The van der Waals surface area contributed by atoms with Crippen LogP contribution in [0.4, 0.5) is 9.18 Å². The molecule has 0 aromatic heterocycles. The van der Waals surface area contributed by atoms with Crippen LogP contribution in [0.2, 0.25) is 0 Å². The highest BCUT2D eigenvalue weighted by Crippen LogP contribution is 2.34. The largest absolute Gasteiger partial charge is 0.465 e. The standard InChI is InChI=1S/C16H18FN3O4/c1-10-12(6-18)14(17)3-2-13(10)16(23)9-20-5-4-19(15(21)22)7-11(20)8-24-16/h2-3,11,23H,4-5,7-9H2,1H3,(H,21,22)/t11-,16-/m0/s1. The number of nitrogens with zero attached hydrogens (tertiary/aromatic N) is 3. The maximum atomic E-state index is 13.7. The van der Waals surface area contributed by atoms with Crippen LogP contribution in [0.15, 0.2) is 12.1 Å². The van der Waals surface area contributed by atoms with Gasteiger partial charge in [0.05, 0.1) is 24.8 Å². The van der Waals surface area contributed by atoms with Crippen molar-refractivity contribution in [1.82, 2.24) is 9.80 Å². The van der Waals surface area contributed by atoms with E-state index in [1.165, 1.54) is 11.0 Å². The van der Waals surface area contributed by atoms with Crippen LogP contribution in [0.25, 0.3) is 0 Å². The number of nitriles is 1. The van der Waals surface area contributed by atoms with Crippen LogP contribution in [0.3, 0.4) is 0 Å². The summed E-state index contributed by atoms with van der Waals surface area (Å²) in [5.74, 6) is -2.28. The van der Waals surface area contributed by atoms with Crippen LogP contribution in [0, 0.1) is 24.1 Å². The van der Waals surface area contributed by atoms with Crippen LogP contribution in [0.1, 0.15) is 16.7 Å². The van der Waals surface area contributed by atoms with Gasteiger partial charge < -0.3 is 19.8 Å². The second-order valence-corrected chi connectivity index (χ2v) is 6.16. The quantitative estimate of drug-likeness (QED) is 0.789. The number of rotatable bonds is 1. The monoisotopic (exact) mass is 335 g/mol. The third kappa shape index (κ3) is 2.71. The van der Waals surface area contributed by atoms with E-state index in [0.717, 1.165) is 6.07 Å². The molecule has 2 aliphatic heterocycles. The van der Waals surface area contributed by atoms with E-state index in [1.54, 1.807) is 6.92 Å². The number of morpholine rings is 1. The first kappa shape index (κ1) is 16.6. The molecular formula is C16H18FN3O4. The maximum absolute atomic E-state index is 13.7. The summed E-state index contributed by atoms with van der Waals surface area (Å²) in [7, 11) is 0. The molecular weight excluding hydrogens is 317 g/mol. The molecule has 0 aliphatic carbocycles. The zero-order valence-electron chi connectivity index (χ0n) is 13.2. The molecule has 0 unspecified atom stereocenters. The first-order valence-electron chi connectivity index (χ1n) is 7.63. The summed E-state index contributed by atoms with van der Waals surface area (Å²) < 4.78 is 19.3. The van der Waals surface area contributed by atoms with Crippen molar-refractivity contribution in [3.05, 3.63) is 34.6 Å². The van der Waals surface area contributed by atoms with Crippen molar-refractivity contribution in [1.29, 1.82) is 5.26 Å². The van der Waals surface area contributed by atoms with Gasteiger partial charge in [-0.1, -0.05) is 6.07 Å². The Hall–Kier alpha value is -2.21. The van der Waals surface area contributed by atoms with Gasteiger partial charge in [-0.05, 0) is 18.6 Å². The SMILES string of the molecule is Cc1c([C@]2(O)CN3CCN(C(=O)O)C[C@H]3CO2)ccc(F)c1C#N. The van der Waals surface area contributed by atoms with E-state index < -0.39 is 17.7 Å². The average Bonchev–Trinajstić information content (AvgIpc) is 2.54. The van der Waals surface area contributed by atoms with Gasteiger partial charge >= 0.3 is 6.09 Å². The molecule has 1 aromatic carbocycles. The lowest BCUT2D eigenvalue weighted by Gasteiger charge is -2.48. The molecule has 2 heterocycles. The van der Waals surface area contributed by atoms with Crippen LogP contribution in [0.5, 0.6) is 0 Å². The topological polar surface area (TPSA) is 97.0 Å². The number of aliphatic hydroxyl groups is 1. The average molecular weight is 335 g/mol. The Morgan fingerprint density at radius 3 is 2.92 bits per heavy atom. The number of piperazine rings is 1.